The van der Waals surface area contributed by atoms with E-state index < -0.39 is 0 Å². The molecule has 0 saturated carbocycles. The molecule has 0 amide bonds. The third kappa shape index (κ3) is 10.1. The standard InChI is InChI=1S/C54H50N6S3/c1-3-5-7-9-19-37-35-51(62-53(37)39-31-45(41-21-11-15-27-55-41)59-46(32-39)42-22-12-16-28-56-42)49-25-26-50(61-49)52-36-38(20-10-8-6-4-2)54(63-52)40-33-47(43-23-13-17-29-57-43)60-48(34-40)44-24-14-18-30-58-44/h11-18,21-36H,3-10,19-20H2,1-2H3. The van der Waals surface area contributed by atoms with Crippen LogP contribution in [0.5, 0.6) is 0 Å². The van der Waals surface area contributed by atoms with E-state index in [9.17, 15) is 0 Å². The van der Waals surface area contributed by atoms with Crippen molar-refractivity contribution in [2.24, 2.45) is 0 Å². The molecule has 0 atom stereocenters. The molecular formula is C54H50N6S3. The van der Waals surface area contributed by atoms with E-state index in [2.05, 4.69) is 62.4 Å². The van der Waals surface area contributed by atoms with E-state index >= 15 is 0 Å². The summed E-state index contributed by atoms with van der Waals surface area (Å²) >= 11 is 5.68. The molecule has 63 heavy (non-hydrogen) atoms. The fourth-order valence-electron chi connectivity index (χ4n) is 7.95. The summed E-state index contributed by atoms with van der Waals surface area (Å²) in [4.78, 5) is 36.7. The Kier molecular flexibility index (Phi) is 13.7. The van der Waals surface area contributed by atoms with Gasteiger partial charge in [0.25, 0.3) is 0 Å². The number of nitrogens with zero attached hydrogens (tertiary/aromatic N) is 6. The highest BCUT2D eigenvalue weighted by Crippen LogP contribution is 2.47. The number of pyridine rings is 6. The van der Waals surface area contributed by atoms with Crippen LogP contribution < -0.4 is 0 Å². The Morgan fingerprint density at radius 1 is 0.349 bits per heavy atom. The topological polar surface area (TPSA) is 77.3 Å². The third-order valence-electron chi connectivity index (χ3n) is 11.2. The minimum Gasteiger partial charge on any atom is -0.255 e. The summed E-state index contributed by atoms with van der Waals surface area (Å²) in [5.41, 5.74) is 11.9. The van der Waals surface area contributed by atoms with Crippen LogP contribution in [0.1, 0.15) is 76.3 Å². The van der Waals surface area contributed by atoms with Gasteiger partial charge in [-0.2, -0.15) is 0 Å². The highest BCUT2D eigenvalue weighted by atomic mass is 32.1. The summed E-state index contributed by atoms with van der Waals surface area (Å²) in [5.74, 6) is 0. The monoisotopic (exact) mass is 878 g/mol. The Balaban J connectivity index is 1.11. The van der Waals surface area contributed by atoms with Crippen LogP contribution in [0.3, 0.4) is 0 Å². The van der Waals surface area contributed by atoms with Crippen molar-refractivity contribution in [2.75, 3.05) is 0 Å². The minimum absolute atomic E-state index is 0.853. The van der Waals surface area contributed by atoms with Crippen molar-refractivity contribution in [2.45, 2.75) is 78.1 Å². The van der Waals surface area contributed by atoms with Crippen LogP contribution >= 0.6 is 34.0 Å². The molecule has 0 radical (unpaired) electrons. The second-order valence-electron chi connectivity index (χ2n) is 15.8. The van der Waals surface area contributed by atoms with Gasteiger partial charge in [0.2, 0.25) is 0 Å². The van der Waals surface area contributed by atoms with Gasteiger partial charge in [-0.15, -0.1) is 34.0 Å². The van der Waals surface area contributed by atoms with Crippen LogP contribution in [0, 0.1) is 0 Å². The average molecular weight is 879 g/mol. The maximum atomic E-state index is 5.09. The Hall–Kier alpha value is -6.00. The molecule has 0 saturated heterocycles. The number of hydrogen-bond donors (Lipinski definition) is 0. The van der Waals surface area contributed by atoms with E-state index in [1.54, 1.807) is 0 Å². The Bertz CT molecular complexity index is 2560. The molecule has 0 bridgehead atoms. The maximum Gasteiger partial charge on any atom is 0.0900 e. The number of aromatic nitrogens is 6. The summed E-state index contributed by atoms with van der Waals surface area (Å²) in [6.45, 7) is 4.55. The molecule has 314 valence electrons. The molecule has 9 aromatic heterocycles. The van der Waals surface area contributed by atoms with Crippen LogP contribution in [-0.2, 0) is 12.8 Å². The van der Waals surface area contributed by atoms with Crippen LogP contribution in [0.2, 0.25) is 0 Å². The molecule has 0 fully saturated rings. The van der Waals surface area contributed by atoms with Gasteiger partial charge in [-0.3, -0.25) is 19.9 Å². The van der Waals surface area contributed by atoms with Gasteiger partial charge in [-0.05, 0) is 145 Å². The molecule has 0 aromatic carbocycles. The summed E-state index contributed by atoms with van der Waals surface area (Å²) in [6, 6.07) is 42.5. The molecule has 0 spiro atoms. The summed E-state index contributed by atoms with van der Waals surface area (Å²) in [7, 11) is 0. The molecule has 0 aliphatic carbocycles. The van der Waals surface area contributed by atoms with E-state index in [4.69, 9.17) is 29.9 Å². The van der Waals surface area contributed by atoms with Crippen molar-refractivity contribution in [3.63, 3.8) is 0 Å². The zero-order valence-electron chi connectivity index (χ0n) is 35.8. The predicted molar refractivity (Wildman–Crippen MR) is 266 cm³/mol. The molecule has 6 nitrogen and oxygen atoms in total. The van der Waals surface area contributed by atoms with E-state index in [-0.39, 0.29) is 0 Å². The van der Waals surface area contributed by atoms with E-state index in [1.807, 2.05) is 132 Å². The summed E-state index contributed by atoms with van der Waals surface area (Å²) in [6.07, 6.45) is 19.1. The lowest BCUT2D eigenvalue weighted by atomic mass is 10.0. The zero-order valence-corrected chi connectivity index (χ0v) is 38.3. The van der Waals surface area contributed by atoms with E-state index in [1.165, 1.54) is 78.9 Å². The Labute approximate surface area is 383 Å². The van der Waals surface area contributed by atoms with Crippen molar-refractivity contribution in [1.29, 1.82) is 0 Å². The van der Waals surface area contributed by atoms with Gasteiger partial charge in [0.1, 0.15) is 0 Å². The molecular weight excluding hydrogens is 829 g/mol. The minimum atomic E-state index is 0.853. The van der Waals surface area contributed by atoms with E-state index in [0.717, 1.165) is 82.4 Å². The number of rotatable bonds is 18. The number of unbranched alkanes of at least 4 members (excludes halogenated alkanes) is 6. The van der Waals surface area contributed by atoms with Crippen molar-refractivity contribution >= 4 is 34.0 Å². The first kappa shape index (κ1) is 42.3. The highest BCUT2D eigenvalue weighted by molar-refractivity contribution is 7.28. The molecule has 0 N–H and O–H groups in total. The molecule has 9 heteroatoms. The molecule has 0 aliphatic heterocycles. The second-order valence-corrected chi connectivity index (χ2v) is 19.0. The highest BCUT2D eigenvalue weighted by Gasteiger charge is 2.21. The number of thiophene rings is 3. The molecule has 9 heterocycles. The van der Waals surface area contributed by atoms with Gasteiger partial charge < -0.3 is 0 Å². The average Bonchev–Trinajstić information content (AvgIpc) is 4.12. The van der Waals surface area contributed by atoms with Crippen molar-refractivity contribution in [3.05, 3.63) is 157 Å². The van der Waals surface area contributed by atoms with Crippen molar-refractivity contribution in [1.82, 2.24) is 29.9 Å². The van der Waals surface area contributed by atoms with Gasteiger partial charge in [0.05, 0.1) is 45.6 Å². The van der Waals surface area contributed by atoms with Crippen LogP contribution in [0.25, 0.3) is 85.9 Å². The summed E-state index contributed by atoms with van der Waals surface area (Å²) in [5, 5.41) is 0. The maximum absolute atomic E-state index is 5.09. The van der Waals surface area contributed by atoms with Crippen LogP contribution in [0.15, 0.2) is 146 Å². The smallest absolute Gasteiger partial charge is 0.0900 e. The second kappa shape index (κ2) is 20.5. The first-order valence-electron chi connectivity index (χ1n) is 22.2. The lowest BCUT2D eigenvalue weighted by Crippen LogP contribution is -1.94. The first-order chi connectivity index (χ1) is 31.1. The Morgan fingerprint density at radius 3 is 1.03 bits per heavy atom. The molecule has 9 rings (SSSR count). The van der Waals surface area contributed by atoms with Gasteiger partial charge in [-0.1, -0.05) is 76.6 Å². The number of aryl methyl sites for hydroxylation is 2. The quantitative estimate of drug-likeness (QED) is 0.0799. The van der Waals surface area contributed by atoms with Crippen LogP contribution in [0.4, 0.5) is 0 Å². The summed E-state index contributed by atoms with van der Waals surface area (Å²) < 4.78 is 0. The normalized spacial score (nSPS) is 11.3. The Morgan fingerprint density at radius 2 is 0.714 bits per heavy atom. The van der Waals surface area contributed by atoms with Gasteiger partial charge in [-0.25, -0.2) is 9.97 Å². The number of hydrogen-bond acceptors (Lipinski definition) is 9. The SMILES string of the molecule is CCCCCCc1cc(-c2ccc(-c3cc(CCCCCC)c(-c4cc(-c5ccccn5)nc(-c5ccccn5)c4)s3)s2)sc1-c1cc(-c2ccccn2)nc(-c2ccccn2)c1. The van der Waals surface area contributed by atoms with Gasteiger partial charge in [0.15, 0.2) is 0 Å². The van der Waals surface area contributed by atoms with Gasteiger partial charge >= 0.3 is 0 Å². The van der Waals surface area contributed by atoms with Crippen LogP contribution in [-0.4, -0.2) is 29.9 Å². The molecule has 0 unspecified atom stereocenters. The molecule has 0 aliphatic rings. The lowest BCUT2D eigenvalue weighted by molar-refractivity contribution is 0.668. The van der Waals surface area contributed by atoms with Crippen molar-refractivity contribution in [3.8, 4) is 85.9 Å². The molecule has 9 aromatic rings. The third-order valence-corrected chi connectivity index (χ3v) is 15.1. The zero-order chi connectivity index (χ0) is 42.8. The fraction of sp³-hybridized carbons (Fsp3) is 0.222. The van der Waals surface area contributed by atoms with E-state index in [0.29, 0.717) is 0 Å². The van der Waals surface area contributed by atoms with Crippen molar-refractivity contribution < 1.29 is 0 Å². The van der Waals surface area contributed by atoms with Gasteiger partial charge in [0, 0.05) is 54.1 Å². The lowest BCUT2D eigenvalue weighted by Gasteiger charge is -2.10. The first-order valence-corrected chi connectivity index (χ1v) is 24.6. The fourth-order valence-corrected chi connectivity index (χ4v) is 11.5. The predicted octanol–water partition coefficient (Wildman–Crippen LogP) is 15.8. The largest absolute Gasteiger partial charge is 0.255 e.